The third-order valence-electron chi connectivity index (χ3n) is 2.66. The van der Waals surface area contributed by atoms with E-state index in [4.69, 9.17) is 15.9 Å². The molecule has 9 nitrogen and oxygen atoms in total. The number of aliphatic carboxylic acids is 2. The van der Waals surface area contributed by atoms with Crippen LogP contribution < -0.4 is 11.1 Å². The van der Waals surface area contributed by atoms with Crippen molar-refractivity contribution >= 4 is 23.9 Å². The molecule has 0 fully saturated rings. The monoisotopic (exact) mass is 303 g/mol. The van der Waals surface area contributed by atoms with Crippen molar-refractivity contribution in [2.75, 3.05) is 13.1 Å². The van der Waals surface area contributed by atoms with Gasteiger partial charge in [0.25, 0.3) is 0 Å². The van der Waals surface area contributed by atoms with E-state index < -0.39 is 29.9 Å². The van der Waals surface area contributed by atoms with E-state index in [0.717, 1.165) is 11.3 Å². The minimum Gasteiger partial charge on any atom is -0.481 e. The Bertz CT molecular complexity index is 398. The molecule has 0 aliphatic rings. The van der Waals surface area contributed by atoms with Gasteiger partial charge in [-0.3, -0.25) is 9.59 Å². The number of nitrogens with one attached hydrogen (secondary N) is 1. The van der Waals surface area contributed by atoms with Crippen molar-refractivity contribution < 1.29 is 29.4 Å². The highest BCUT2D eigenvalue weighted by atomic mass is 16.4. The van der Waals surface area contributed by atoms with Crippen LogP contribution in [0.4, 0.5) is 4.79 Å². The van der Waals surface area contributed by atoms with Gasteiger partial charge in [-0.25, -0.2) is 9.59 Å². The number of carboxylic acids is 2. The highest BCUT2D eigenvalue weighted by Crippen LogP contribution is 2.01. The molecule has 9 heteroatoms. The third kappa shape index (κ3) is 8.45. The summed E-state index contributed by atoms with van der Waals surface area (Å²) in [6.45, 7) is 1.83. The van der Waals surface area contributed by atoms with Crippen molar-refractivity contribution in [2.24, 2.45) is 5.73 Å². The van der Waals surface area contributed by atoms with Crippen LogP contribution in [0.15, 0.2) is 0 Å². The van der Waals surface area contributed by atoms with Crippen LogP contribution in [0, 0.1) is 0 Å². The number of nitrogens with zero attached hydrogens (tertiary/aromatic N) is 1. The maximum atomic E-state index is 11.9. The molecule has 0 rings (SSSR count). The van der Waals surface area contributed by atoms with E-state index in [2.05, 4.69) is 5.32 Å². The molecule has 0 aliphatic carbocycles. The molecule has 0 aromatic heterocycles. The molecule has 0 saturated carbocycles. The van der Waals surface area contributed by atoms with Gasteiger partial charge in [-0.1, -0.05) is 13.3 Å². The standard InChI is InChI=1S/C12H21N3O6/c1-2-3-6-15(7-9(13)16)12(21)14-8(11(19)20)4-5-10(17)18/h8H,2-7H2,1H3,(H2,13,16)(H,14,21)(H,17,18)(H,19,20)/t8-/m0/s1. The van der Waals surface area contributed by atoms with E-state index in [9.17, 15) is 19.2 Å². The molecule has 0 aromatic carbocycles. The Morgan fingerprint density at radius 3 is 2.29 bits per heavy atom. The van der Waals surface area contributed by atoms with Gasteiger partial charge in [0.1, 0.15) is 12.6 Å². The average Bonchev–Trinajstić information content (AvgIpc) is 2.37. The van der Waals surface area contributed by atoms with Crippen molar-refractivity contribution in [1.82, 2.24) is 10.2 Å². The molecule has 0 bridgehead atoms. The Labute approximate surface area is 122 Å². The van der Waals surface area contributed by atoms with E-state index in [-0.39, 0.29) is 25.9 Å². The lowest BCUT2D eigenvalue weighted by atomic mass is 10.1. The summed E-state index contributed by atoms with van der Waals surface area (Å²) in [5, 5.41) is 19.7. The van der Waals surface area contributed by atoms with E-state index in [0.29, 0.717) is 6.42 Å². The predicted octanol–water partition coefficient (Wildman–Crippen LogP) is -0.399. The summed E-state index contributed by atoms with van der Waals surface area (Å²) in [4.78, 5) is 45.4. The molecule has 5 N–H and O–H groups in total. The molecule has 0 heterocycles. The molecule has 21 heavy (non-hydrogen) atoms. The molecular weight excluding hydrogens is 282 g/mol. The zero-order valence-electron chi connectivity index (χ0n) is 11.9. The SMILES string of the molecule is CCCCN(CC(N)=O)C(=O)N[C@@H](CCC(=O)O)C(=O)O. The molecule has 3 amide bonds. The maximum absolute atomic E-state index is 11.9. The molecule has 0 unspecified atom stereocenters. The van der Waals surface area contributed by atoms with Crippen molar-refractivity contribution in [3.63, 3.8) is 0 Å². The van der Waals surface area contributed by atoms with E-state index in [1.165, 1.54) is 0 Å². The zero-order valence-corrected chi connectivity index (χ0v) is 11.9. The quantitative estimate of drug-likeness (QED) is 0.431. The lowest BCUT2D eigenvalue weighted by Gasteiger charge is -2.23. The summed E-state index contributed by atoms with van der Waals surface area (Å²) in [6.07, 6.45) is 0.786. The van der Waals surface area contributed by atoms with Gasteiger partial charge >= 0.3 is 18.0 Å². The second kappa shape index (κ2) is 9.56. The van der Waals surface area contributed by atoms with Gasteiger partial charge in [0.2, 0.25) is 5.91 Å². The Hall–Kier alpha value is -2.32. The fourth-order valence-corrected chi connectivity index (χ4v) is 1.56. The first-order chi connectivity index (χ1) is 9.77. The molecule has 0 spiro atoms. The highest BCUT2D eigenvalue weighted by molar-refractivity contribution is 5.86. The van der Waals surface area contributed by atoms with Gasteiger partial charge in [-0.05, 0) is 12.8 Å². The Morgan fingerprint density at radius 1 is 1.24 bits per heavy atom. The number of hydrogen-bond acceptors (Lipinski definition) is 4. The lowest BCUT2D eigenvalue weighted by molar-refractivity contribution is -0.140. The molecular formula is C12H21N3O6. The topological polar surface area (TPSA) is 150 Å². The van der Waals surface area contributed by atoms with Gasteiger partial charge in [0, 0.05) is 13.0 Å². The summed E-state index contributed by atoms with van der Waals surface area (Å²) in [5.74, 6) is -3.20. The molecule has 0 aliphatic heterocycles. The molecule has 1 atom stereocenters. The van der Waals surface area contributed by atoms with Crippen molar-refractivity contribution in [3.05, 3.63) is 0 Å². The van der Waals surface area contributed by atoms with E-state index in [1.807, 2.05) is 6.92 Å². The van der Waals surface area contributed by atoms with Crippen LogP contribution in [-0.4, -0.2) is 58.1 Å². The number of urea groups is 1. The summed E-state index contributed by atoms with van der Waals surface area (Å²) >= 11 is 0. The molecule has 120 valence electrons. The summed E-state index contributed by atoms with van der Waals surface area (Å²) in [5.41, 5.74) is 5.04. The summed E-state index contributed by atoms with van der Waals surface area (Å²) in [7, 11) is 0. The minimum absolute atomic E-state index is 0.241. The third-order valence-corrected chi connectivity index (χ3v) is 2.66. The summed E-state index contributed by atoms with van der Waals surface area (Å²) < 4.78 is 0. The highest BCUT2D eigenvalue weighted by Gasteiger charge is 2.24. The van der Waals surface area contributed by atoms with Crippen LogP contribution >= 0.6 is 0 Å². The number of hydrogen-bond donors (Lipinski definition) is 4. The average molecular weight is 303 g/mol. The number of carbonyl (C=O) groups excluding carboxylic acids is 2. The lowest BCUT2D eigenvalue weighted by Crippen LogP contribution is -2.50. The number of amides is 3. The molecule has 0 aromatic rings. The fraction of sp³-hybridized carbons (Fsp3) is 0.667. The predicted molar refractivity (Wildman–Crippen MR) is 72.5 cm³/mol. The number of rotatable bonds is 10. The van der Waals surface area contributed by atoms with Gasteiger partial charge in [-0.2, -0.15) is 0 Å². The van der Waals surface area contributed by atoms with Crippen LogP contribution in [-0.2, 0) is 14.4 Å². The Kier molecular flexibility index (Phi) is 8.51. The molecule has 0 radical (unpaired) electrons. The van der Waals surface area contributed by atoms with Gasteiger partial charge in [-0.15, -0.1) is 0 Å². The van der Waals surface area contributed by atoms with Crippen LogP contribution in [0.25, 0.3) is 0 Å². The number of carboxylic acid groups (broad SMARTS) is 2. The number of unbranched alkanes of at least 4 members (excludes halogenated alkanes) is 1. The number of primary amides is 1. The van der Waals surface area contributed by atoms with Crippen LogP contribution in [0.3, 0.4) is 0 Å². The number of nitrogens with two attached hydrogens (primary N) is 1. The summed E-state index contributed by atoms with van der Waals surface area (Å²) in [6, 6.07) is -2.08. The number of carbonyl (C=O) groups is 4. The van der Waals surface area contributed by atoms with Crippen LogP contribution in [0.2, 0.25) is 0 Å². The first-order valence-electron chi connectivity index (χ1n) is 6.56. The van der Waals surface area contributed by atoms with Crippen molar-refractivity contribution in [1.29, 1.82) is 0 Å². The van der Waals surface area contributed by atoms with Crippen LogP contribution in [0.1, 0.15) is 32.6 Å². The van der Waals surface area contributed by atoms with Crippen molar-refractivity contribution in [3.8, 4) is 0 Å². The fourth-order valence-electron chi connectivity index (χ4n) is 1.56. The van der Waals surface area contributed by atoms with Crippen molar-refractivity contribution in [2.45, 2.75) is 38.6 Å². The Balaban J connectivity index is 4.68. The first-order valence-corrected chi connectivity index (χ1v) is 6.56. The normalized spacial score (nSPS) is 11.5. The second-order valence-corrected chi connectivity index (χ2v) is 4.51. The van der Waals surface area contributed by atoms with E-state index >= 15 is 0 Å². The minimum atomic E-state index is -1.33. The van der Waals surface area contributed by atoms with Gasteiger partial charge in [0.15, 0.2) is 0 Å². The largest absolute Gasteiger partial charge is 0.481 e. The van der Waals surface area contributed by atoms with Gasteiger partial charge < -0.3 is 26.2 Å². The Morgan fingerprint density at radius 2 is 1.86 bits per heavy atom. The smallest absolute Gasteiger partial charge is 0.326 e. The first kappa shape index (κ1) is 18.7. The van der Waals surface area contributed by atoms with Crippen LogP contribution in [0.5, 0.6) is 0 Å². The second-order valence-electron chi connectivity index (χ2n) is 4.51. The maximum Gasteiger partial charge on any atom is 0.326 e. The van der Waals surface area contributed by atoms with Gasteiger partial charge in [0.05, 0.1) is 0 Å². The molecule has 0 saturated heterocycles. The zero-order chi connectivity index (χ0) is 16.4. The van der Waals surface area contributed by atoms with E-state index in [1.54, 1.807) is 0 Å².